The van der Waals surface area contributed by atoms with Gasteiger partial charge in [0, 0.05) is 57.7 Å². The van der Waals surface area contributed by atoms with Gasteiger partial charge in [-0.2, -0.15) is 0 Å². The van der Waals surface area contributed by atoms with Gasteiger partial charge in [0.1, 0.15) is 0 Å². The first-order chi connectivity index (χ1) is 15.1. The lowest BCUT2D eigenvalue weighted by Crippen LogP contribution is -2.56. The highest BCUT2D eigenvalue weighted by molar-refractivity contribution is 5.81. The van der Waals surface area contributed by atoms with E-state index in [0.717, 1.165) is 50.3 Å². The first kappa shape index (κ1) is 21.6. The van der Waals surface area contributed by atoms with Crippen molar-refractivity contribution in [1.29, 1.82) is 0 Å². The van der Waals surface area contributed by atoms with Crippen LogP contribution in [0, 0.1) is 0 Å². The molecule has 1 aromatic heterocycles. The third kappa shape index (κ3) is 5.34. The van der Waals surface area contributed by atoms with Crippen molar-refractivity contribution in [2.45, 2.75) is 45.1 Å². The molecule has 2 fully saturated rings. The molecule has 2 aliphatic heterocycles. The number of likely N-dealkylation sites (tertiary alicyclic amines) is 1. The number of piperidine rings is 1. The SMILES string of the molecule is CC(C(=O)N1CCCCC1)N1CCN(C(=O)CCc2ncc(-c3ccccc3)o2)CC1. The van der Waals surface area contributed by atoms with Crippen LogP contribution in [0.4, 0.5) is 0 Å². The van der Waals surface area contributed by atoms with E-state index in [0.29, 0.717) is 31.8 Å². The number of aryl methyl sites for hydroxylation is 1. The summed E-state index contributed by atoms with van der Waals surface area (Å²) in [6.45, 7) is 6.58. The number of piperazine rings is 1. The summed E-state index contributed by atoms with van der Waals surface area (Å²) in [6, 6.07) is 9.73. The van der Waals surface area contributed by atoms with E-state index in [1.54, 1.807) is 6.20 Å². The van der Waals surface area contributed by atoms with Crippen molar-refractivity contribution in [1.82, 2.24) is 19.7 Å². The molecule has 2 aromatic rings. The minimum atomic E-state index is -0.112. The van der Waals surface area contributed by atoms with E-state index < -0.39 is 0 Å². The monoisotopic (exact) mass is 424 g/mol. The Morgan fingerprint density at radius 3 is 2.39 bits per heavy atom. The van der Waals surface area contributed by atoms with Crippen LogP contribution in [0.3, 0.4) is 0 Å². The topological polar surface area (TPSA) is 69.9 Å². The van der Waals surface area contributed by atoms with Crippen molar-refractivity contribution in [3.63, 3.8) is 0 Å². The molecular formula is C24H32N4O3. The van der Waals surface area contributed by atoms with Gasteiger partial charge >= 0.3 is 0 Å². The van der Waals surface area contributed by atoms with Crippen molar-refractivity contribution < 1.29 is 14.0 Å². The Hall–Kier alpha value is -2.67. The number of carbonyl (C=O) groups is 2. The first-order valence-electron chi connectivity index (χ1n) is 11.4. The quantitative estimate of drug-likeness (QED) is 0.713. The largest absolute Gasteiger partial charge is 0.441 e. The second kappa shape index (κ2) is 10.1. The predicted molar refractivity (Wildman–Crippen MR) is 118 cm³/mol. The highest BCUT2D eigenvalue weighted by Crippen LogP contribution is 2.20. The minimum absolute atomic E-state index is 0.112. The fourth-order valence-electron chi connectivity index (χ4n) is 4.43. The molecule has 0 spiro atoms. The molecule has 0 N–H and O–H groups in total. The third-order valence-electron chi connectivity index (χ3n) is 6.40. The zero-order valence-electron chi connectivity index (χ0n) is 18.3. The van der Waals surface area contributed by atoms with E-state index in [4.69, 9.17) is 4.42 Å². The number of aromatic nitrogens is 1. The molecule has 1 unspecified atom stereocenters. The van der Waals surface area contributed by atoms with Crippen LogP contribution in [0.2, 0.25) is 0 Å². The smallest absolute Gasteiger partial charge is 0.239 e. The van der Waals surface area contributed by atoms with Gasteiger partial charge in [-0.05, 0) is 26.2 Å². The number of amides is 2. The number of hydrogen-bond donors (Lipinski definition) is 0. The molecule has 2 amide bonds. The molecule has 31 heavy (non-hydrogen) atoms. The molecule has 0 bridgehead atoms. The maximum Gasteiger partial charge on any atom is 0.239 e. The number of nitrogens with zero attached hydrogens (tertiary/aromatic N) is 4. The highest BCUT2D eigenvalue weighted by Gasteiger charge is 2.30. The molecular weight excluding hydrogens is 392 g/mol. The number of oxazole rings is 1. The van der Waals surface area contributed by atoms with Crippen LogP contribution in [0.1, 0.15) is 38.5 Å². The first-order valence-corrected chi connectivity index (χ1v) is 11.4. The number of rotatable bonds is 6. The van der Waals surface area contributed by atoms with Crippen LogP contribution in [0.25, 0.3) is 11.3 Å². The summed E-state index contributed by atoms with van der Waals surface area (Å²) >= 11 is 0. The molecule has 4 rings (SSSR count). The molecule has 2 saturated heterocycles. The van der Waals surface area contributed by atoms with Gasteiger partial charge in [0.25, 0.3) is 0 Å². The predicted octanol–water partition coefficient (Wildman–Crippen LogP) is 2.82. The second-order valence-electron chi connectivity index (χ2n) is 8.46. The van der Waals surface area contributed by atoms with Gasteiger partial charge in [-0.25, -0.2) is 4.98 Å². The standard InChI is InChI=1S/C24H32N4O3/c1-19(24(30)28-12-6-3-7-13-28)26-14-16-27(17-15-26)23(29)11-10-22-25-18-21(31-22)20-8-4-2-5-9-20/h2,4-5,8-9,18-19H,3,6-7,10-17H2,1H3. The van der Waals surface area contributed by atoms with Gasteiger partial charge in [0.2, 0.25) is 11.8 Å². The van der Waals surface area contributed by atoms with Crippen LogP contribution < -0.4 is 0 Å². The Balaban J connectivity index is 1.22. The van der Waals surface area contributed by atoms with Crippen molar-refractivity contribution in [2.24, 2.45) is 0 Å². The molecule has 166 valence electrons. The lowest BCUT2D eigenvalue weighted by molar-refractivity contribution is -0.139. The van der Waals surface area contributed by atoms with Gasteiger partial charge in [-0.15, -0.1) is 0 Å². The fourth-order valence-corrected chi connectivity index (χ4v) is 4.43. The fraction of sp³-hybridized carbons (Fsp3) is 0.542. The normalized spacial score (nSPS) is 18.7. The minimum Gasteiger partial charge on any atom is -0.441 e. The molecule has 1 aromatic carbocycles. The molecule has 3 heterocycles. The number of hydrogen-bond acceptors (Lipinski definition) is 5. The van der Waals surface area contributed by atoms with Gasteiger partial charge in [-0.1, -0.05) is 30.3 Å². The van der Waals surface area contributed by atoms with Crippen LogP contribution >= 0.6 is 0 Å². The zero-order chi connectivity index (χ0) is 21.6. The summed E-state index contributed by atoms with van der Waals surface area (Å²) in [5, 5.41) is 0. The lowest BCUT2D eigenvalue weighted by atomic mass is 10.1. The Labute approximate surface area is 184 Å². The van der Waals surface area contributed by atoms with E-state index >= 15 is 0 Å². The van der Waals surface area contributed by atoms with E-state index in [-0.39, 0.29) is 17.9 Å². The Kier molecular flexibility index (Phi) is 7.02. The maximum absolute atomic E-state index is 12.8. The van der Waals surface area contributed by atoms with Crippen molar-refractivity contribution in [2.75, 3.05) is 39.3 Å². The van der Waals surface area contributed by atoms with Crippen LogP contribution in [0.15, 0.2) is 40.9 Å². The Bertz CT molecular complexity index is 868. The Morgan fingerprint density at radius 2 is 1.68 bits per heavy atom. The van der Waals surface area contributed by atoms with Crippen LogP contribution in [-0.4, -0.2) is 76.8 Å². The summed E-state index contributed by atoms with van der Waals surface area (Å²) in [4.78, 5) is 35.9. The maximum atomic E-state index is 12.8. The van der Waals surface area contributed by atoms with E-state index in [1.807, 2.05) is 47.1 Å². The Morgan fingerprint density at radius 1 is 0.968 bits per heavy atom. The van der Waals surface area contributed by atoms with Crippen LogP contribution in [0.5, 0.6) is 0 Å². The highest BCUT2D eigenvalue weighted by atomic mass is 16.4. The zero-order valence-corrected chi connectivity index (χ0v) is 18.3. The number of carbonyl (C=O) groups excluding carboxylic acids is 2. The summed E-state index contributed by atoms with van der Waals surface area (Å²) in [7, 11) is 0. The summed E-state index contributed by atoms with van der Waals surface area (Å²) < 4.78 is 5.81. The lowest BCUT2D eigenvalue weighted by Gasteiger charge is -2.39. The van der Waals surface area contributed by atoms with E-state index in [2.05, 4.69) is 9.88 Å². The molecule has 7 heteroatoms. The molecule has 0 radical (unpaired) electrons. The van der Waals surface area contributed by atoms with Crippen molar-refractivity contribution in [3.8, 4) is 11.3 Å². The average molecular weight is 425 g/mol. The molecule has 0 aliphatic carbocycles. The van der Waals surface area contributed by atoms with Gasteiger partial charge in [0.15, 0.2) is 11.7 Å². The third-order valence-corrected chi connectivity index (χ3v) is 6.40. The van der Waals surface area contributed by atoms with Crippen LogP contribution in [-0.2, 0) is 16.0 Å². The molecule has 7 nitrogen and oxygen atoms in total. The van der Waals surface area contributed by atoms with E-state index in [9.17, 15) is 9.59 Å². The average Bonchev–Trinajstić information content (AvgIpc) is 3.32. The molecule has 2 aliphatic rings. The van der Waals surface area contributed by atoms with Crippen molar-refractivity contribution >= 4 is 11.8 Å². The summed E-state index contributed by atoms with van der Waals surface area (Å²) in [5.41, 5.74) is 0.983. The molecule has 1 atom stereocenters. The summed E-state index contributed by atoms with van der Waals surface area (Å²) in [6.07, 6.45) is 6.04. The number of benzene rings is 1. The van der Waals surface area contributed by atoms with Crippen molar-refractivity contribution in [3.05, 3.63) is 42.4 Å². The second-order valence-corrected chi connectivity index (χ2v) is 8.46. The molecule has 0 saturated carbocycles. The van der Waals surface area contributed by atoms with Gasteiger partial charge in [-0.3, -0.25) is 14.5 Å². The van der Waals surface area contributed by atoms with Gasteiger partial charge < -0.3 is 14.2 Å². The van der Waals surface area contributed by atoms with Gasteiger partial charge in [0.05, 0.1) is 12.2 Å². The summed E-state index contributed by atoms with van der Waals surface area (Å²) in [5.74, 6) is 1.67. The van der Waals surface area contributed by atoms with E-state index in [1.165, 1.54) is 6.42 Å².